The van der Waals surface area contributed by atoms with E-state index in [2.05, 4.69) is 18.6 Å². The van der Waals surface area contributed by atoms with Gasteiger partial charge in [-0.25, -0.2) is 17.9 Å². The minimum Gasteiger partial charge on any atom is -0.468 e. The average Bonchev–Trinajstić information content (AvgIpc) is 3.23. The van der Waals surface area contributed by atoms with E-state index in [-0.39, 0.29) is 29.5 Å². The van der Waals surface area contributed by atoms with Crippen LogP contribution < -0.4 is 4.72 Å². The second-order valence-electron chi connectivity index (χ2n) is 7.75. The Morgan fingerprint density at radius 1 is 1.13 bits per heavy atom. The summed E-state index contributed by atoms with van der Waals surface area (Å²) in [6.07, 6.45) is 2.54. The van der Waals surface area contributed by atoms with Crippen molar-refractivity contribution >= 4 is 21.9 Å². The molecule has 1 aliphatic rings. The molecule has 0 radical (unpaired) electrons. The summed E-state index contributed by atoms with van der Waals surface area (Å²) in [7, 11) is -3.75. The molecule has 0 saturated carbocycles. The zero-order valence-electron chi connectivity index (χ0n) is 17.0. The number of amides is 1. The maximum Gasteiger partial charge on any atom is 0.338 e. The Morgan fingerprint density at radius 3 is 2.40 bits per heavy atom. The molecule has 1 amide bonds. The van der Waals surface area contributed by atoms with Crippen molar-refractivity contribution in [1.29, 1.82) is 0 Å². The van der Waals surface area contributed by atoms with Gasteiger partial charge in [0, 0.05) is 13.1 Å². The van der Waals surface area contributed by atoms with E-state index in [4.69, 9.17) is 9.15 Å². The molecular weight excluding hydrogens is 408 g/mol. The monoisotopic (exact) mass is 434 g/mol. The third-order valence-corrected chi connectivity index (χ3v) is 6.38. The minimum absolute atomic E-state index is 0.0120. The van der Waals surface area contributed by atoms with E-state index in [1.54, 1.807) is 17.0 Å². The summed E-state index contributed by atoms with van der Waals surface area (Å²) in [4.78, 5) is 26.3. The molecule has 1 fully saturated rings. The van der Waals surface area contributed by atoms with Crippen LogP contribution in [0.15, 0.2) is 52.0 Å². The molecule has 1 N–H and O–H groups in total. The molecule has 2 aromatic rings. The molecule has 0 bridgehead atoms. The predicted molar refractivity (Wildman–Crippen MR) is 109 cm³/mol. The van der Waals surface area contributed by atoms with Gasteiger partial charge in [-0.15, -0.1) is 0 Å². The number of rotatable bonds is 7. The summed E-state index contributed by atoms with van der Waals surface area (Å²) in [5.41, 5.74) is 0.174. The second-order valence-corrected chi connectivity index (χ2v) is 9.52. The first-order valence-electron chi connectivity index (χ1n) is 9.81. The normalized spacial score (nSPS) is 19.5. The molecule has 162 valence electrons. The molecular formula is C21H26N2O6S. The van der Waals surface area contributed by atoms with E-state index < -0.39 is 16.0 Å². The first-order chi connectivity index (χ1) is 14.2. The fourth-order valence-electron chi connectivity index (χ4n) is 3.60. The molecule has 1 saturated heterocycles. The van der Waals surface area contributed by atoms with Gasteiger partial charge < -0.3 is 14.1 Å². The molecule has 1 aliphatic heterocycles. The van der Waals surface area contributed by atoms with E-state index in [0.717, 1.165) is 6.42 Å². The van der Waals surface area contributed by atoms with Crippen LogP contribution in [-0.4, -0.2) is 44.9 Å². The summed E-state index contributed by atoms with van der Waals surface area (Å²) in [5.74, 6) is 0.437. The van der Waals surface area contributed by atoms with Crippen LogP contribution in [0, 0.1) is 11.8 Å². The molecule has 9 heteroatoms. The van der Waals surface area contributed by atoms with Gasteiger partial charge >= 0.3 is 5.97 Å². The van der Waals surface area contributed by atoms with Crippen molar-refractivity contribution in [2.45, 2.75) is 31.7 Å². The van der Waals surface area contributed by atoms with Gasteiger partial charge in [-0.3, -0.25) is 4.79 Å². The number of nitrogens with one attached hydrogen (secondary N) is 1. The van der Waals surface area contributed by atoms with Crippen molar-refractivity contribution in [2.75, 3.05) is 19.7 Å². The van der Waals surface area contributed by atoms with Crippen LogP contribution in [0.4, 0.5) is 0 Å². The number of esters is 1. The highest BCUT2D eigenvalue weighted by molar-refractivity contribution is 7.89. The number of carbonyl (C=O) groups excluding carboxylic acids is 2. The summed E-state index contributed by atoms with van der Waals surface area (Å²) in [6, 6.07) is 8.68. The smallest absolute Gasteiger partial charge is 0.338 e. The summed E-state index contributed by atoms with van der Waals surface area (Å²) < 4.78 is 37.3. The number of benzene rings is 1. The maximum absolute atomic E-state index is 12.3. The minimum atomic E-state index is -3.75. The van der Waals surface area contributed by atoms with Crippen LogP contribution in [0.1, 0.15) is 36.4 Å². The van der Waals surface area contributed by atoms with Gasteiger partial charge in [-0.05, 0) is 54.7 Å². The fourth-order valence-corrected chi connectivity index (χ4v) is 4.59. The van der Waals surface area contributed by atoms with Gasteiger partial charge in [0.1, 0.15) is 5.76 Å². The molecule has 2 unspecified atom stereocenters. The molecule has 0 spiro atoms. The number of ether oxygens (including phenoxy) is 1. The Labute approximate surface area is 176 Å². The van der Waals surface area contributed by atoms with Gasteiger partial charge in [0.05, 0.1) is 23.3 Å². The van der Waals surface area contributed by atoms with Gasteiger partial charge in [0.25, 0.3) is 5.91 Å². The van der Waals surface area contributed by atoms with Crippen molar-refractivity contribution in [3.63, 3.8) is 0 Å². The van der Waals surface area contributed by atoms with Crippen LogP contribution in [0.5, 0.6) is 0 Å². The Bertz CT molecular complexity index is 959. The van der Waals surface area contributed by atoms with Crippen molar-refractivity contribution in [1.82, 2.24) is 9.62 Å². The molecule has 1 aromatic heterocycles. The molecule has 8 nitrogen and oxygen atoms in total. The predicted octanol–water partition coefficient (Wildman–Crippen LogP) is 2.42. The van der Waals surface area contributed by atoms with Crippen LogP contribution in [0.2, 0.25) is 0 Å². The average molecular weight is 435 g/mol. The van der Waals surface area contributed by atoms with E-state index >= 15 is 0 Å². The van der Waals surface area contributed by atoms with Crippen LogP contribution >= 0.6 is 0 Å². The Balaban J connectivity index is 1.53. The highest BCUT2D eigenvalue weighted by atomic mass is 32.2. The van der Waals surface area contributed by atoms with Gasteiger partial charge in [0.2, 0.25) is 10.0 Å². The van der Waals surface area contributed by atoms with E-state index in [9.17, 15) is 18.0 Å². The summed E-state index contributed by atoms with van der Waals surface area (Å²) in [5, 5.41) is 0. The molecule has 2 atom stereocenters. The quantitative estimate of drug-likeness (QED) is 0.671. The second kappa shape index (κ2) is 9.44. The standard InChI is InChI=1S/C21H26N2O6S/c1-15-10-16(2)13-23(12-15)20(24)14-29-21(25)17-5-7-19(8-6-17)30(26,27)22-11-18-4-3-9-28-18/h3-9,15-16,22H,10-14H2,1-2H3. The first kappa shape index (κ1) is 22.0. The summed E-state index contributed by atoms with van der Waals surface area (Å²) >= 11 is 0. The molecule has 1 aromatic carbocycles. The van der Waals surface area contributed by atoms with Gasteiger partial charge in [-0.1, -0.05) is 13.8 Å². The van der Waals surface area contributed by atoms with Crippen molar-refractivity contribution in [3.8, 4) is 0 Å². The lowest BCUT2D eigenvalue weighted by atomic mass is 9.92. The number of hydrogen-bond donors (Lipinski definition) is 1. The highest BCUT2D eigenvalue weighted by Gasteiger charge is 2.26. The van der Waals surface area contributed by atoms with Gasteiger partial charge in [-0.2, -0.15) is 0 Å². The first-order valence-corrected chi connectivity index (χ1v) is 11.3. The topological polar surface area (TPSA) is 106 Å². The largest absolute Gasteiger partial charge is 0.468 e. The summed E-state index contributed by atoms with van der Waals surface area (Å²) in [6.45, 7) is 5.22. The highest BCUT2D eigenvalue weighted by Crippen LogP contribution is 2.21. The number of sulfonamides is 1. The Morgan fingerprint density at radius 2 is 1.80 bits per heavy atom. The zero-order chi connectivity index (χ0) is 21.7. The number of furan rings is 1. The van der Waals surface area contributed by atoms with E-state index in [1.807, 2.05) is 0 Å². The van der Waals surface area contributed by atoms with E-state index in [0.29, 0.717) is 30.7 Å². The number of nitrogens with zero attached hydrogens (tertiary/aromatic N) is 1. The lowest BCUT2D eigenvalue weighted by molar-refractivity contribution is -0.137. The SMILES string of the molecule is CC1CC(C)CN(C(=O)COC(=O)c2ccc(S(=O)(=O)NCc3ccco3)cc2)C1. The molecule has 0 aliphatic carbocycles. The van der Waals surface area contributed by atoms with Crippen molar-refractivity contribution in [2.24, 2.45) is 11.8 Å². The van der Waals surface area contributed by atoms with Crippen LogP contribution in [0.25, 0.3) is 0 Å². The third kappa shape index (κ3) is 5.70. The fraction of sp³-hybridized carbons (Fsp3) is 0.429. The van der Waals surface area contributed by atoms with Crippen molar-refractivity contribution in [3.05, 3.63) is 54.0 Å². The number of carbonyl (C=O) groups is 2. The van der Waals surface area contributed by atoms with E-state index in [1.165, 1.54) is 30.5 Å². The van der Waals surface area contributed by atoms with Gasteiger partial charge in [0.15, 0.2) is 6.61 Å². The number of piperidine rings is 1. The number of likely N-dealkylation sites (tertiary alicyclic amines) is 1. The lowest BCUT2D eigenvalue weighted by Gasteiger charge is -2.34. The van der Waals surface area contributed by atoms with Crippen LogP contribution in [0.3, 0.4) is 0 Å². The molecule has 2 heterocycles. The molecule has 3 rings (SSSR count). The lowest BCUT2D eigenvalue weighted by Crippen LogP contribution is -2.44. The number of hydrogen-bond acceptors (Lipinski definition) is 6. The Hall–Kier alpha value is -2.65. The van der Waals surface area contributed by atoms with Crippen LogP contribution in [-0.2, 0) is 26.1 Å². The zero-order valence-corrected chi connectivity index (χ0v) is 17.9. The Kier molecular flexibility index (Phi) is 6.94. The molecule has 30 heavy (non-hydrogen) atoms. The van der Waals surface area contributed by atoms with Crippen molar-refractivity contribution < 1.29 is 27.2 Å². The maximum atomic E-state index is 12.3. The third-order valence-electron chi connectivity index (χ3n) is 4.97.